The average Bonchev–Trinajstić information content (AvgIpc) is 2.33. The van der Waals surface area contributed by atoms with Crippen LogP contribution < -0.4 is 5.32 Å². The van der Waals surface area contributed by atoms with Crippen LogP contribution in [0.25, 0.3) is 0 Å². The Morgan fingerprint density at radius 3 is 2.56 bits per heavy atom. The molecule has 0 aliphatic carbocycles. The molecule has 0 amide bonds. The highest BCUT2D eigenvalue weighted by Gasteiger charge is 2.30. The molecule has 18 heavy (non-hydrogen) atoms. The van der Waals surface area contributed by atoms with Gasteiger partial charge in [-0.3, -0.25) is 0 Å². The maximum Gasteiger partial charge on any atom is 0.123 e. The molecule has 0 aromatic heterocycles. The molecular formula is C15H23ClFN. The quantitative estimate of drug-likeness (QED) is 0.771. The van der Waals surface area contributed by atoms with E-state index in [2.05, 4.69) is 33.0 Å². The Balaban J connectivity index is 3.12. The smallest absolute Gasteiger partial charge is 0.123 e. The van der Waals surface area contributed by atoms with Crippen LogP contribution in [0.5, 0.6) is 0 Å². The molecule has 0 fully saturated rings. The Hall–Kier alpha value is -0.600. The van der Waals surface area contributed by atoms with Gasteiger partial charge < -0.3 is 5.32 Å². The highest BCUT2D eigenvalue weighted by molar-refractivity contribution is 6.31. The van der Waals surface area contributed by atoms with Gasteiger partial charge in [-0.1, -0.05) is 39.3 Å². The van der Waals surface area contributed by atoms with Gasteiger partial charge in [-0.25, -0.2) is 4.39 Å². The number of hydrogen-bond donors (Lipinski definition) is 1. The van der Waals surface area contributed by atoms with Crippen molar-refractivity contribution in [1.29, 1.82) is 0 Å². The molecule has 1 N–H and O–H groups in total. The van der Waals surface area contributed by atoms with E-state index in [9.17, 15) is 4.39 Å². The SMILES string of the molecule is CCCNC(c1cc(F)ccc1Cl)C(C)(C)CC. The number of nitrogens with one attached hydrogen (secondary N) is 1. The van der Waals surface area contributed by atoms with E-state index in [1.54, 1.807) is 12.1 Å². The first-order chi connectivity index (χ1) is 8.42. The molecule has 0 spiro atoms. The lowest BCUT2D eigenvalue weighted by Crippen LogP contribution is -2.34. The van der Waals surface area contributed by atoms with Crippen molar-refractivity contribution in [2.75, 3.05) is 6.54 Å². The summed E-state index contributed by atoms with van der Waals surface area (Å²) in [4.78, 5) is 0. The second-order valence-corrected chi connectivity index (χ2v) is 5.80. The lowest BCUT2D eigenvalue weighted by atomic mass is 9.78. The van der Waals surface area contributed by atoms with Gasteiger partial charge in [-0.2, -0.15) is 0 Å². The van der Waals surface area contributed by atoms with E-state index in [0.717, 1.165) is 24.9 Å². The van der Waals surface area contributed by atoms with Gasteiger partial charge in [0.2, 0.25) is 0 Å². The fraction of sp³-hybridized carbons (Fsp3) is 0.600. The van der Waals surface area contributed by atoms with Crippen LogP contribution in [0.2, 0.25) is 5.02 Å². The Morgan fingerprint density at radius 2 is 2.00 bits per heavy atom. The first-order valence-electron chi connectivity index (χ1n) is 6.60. The first-order valence-corrected chi connectivity index (χ1v) is 6.98. The summed E-state index contributed by atoms with van der Waals surface area (Å²) in [6, 6.07) is 4.67. The molecule has 0 aliphatic rings. The molecule has 0 saturated carbocycles. The standard InChI is InChI=1S/C15H23ClFN/c1-5-9-18-14(15(3,4)6-2)12-10-11(17)7-8-13(12)16/h7-8,10,14,18H,5-6,9H2,1-4H3. The fourth-order valence-electron chi connectivity index (χ4n) is 2.04. The predicted molar refractivity (Wildman–Crippen MR) is 76.5 cm³/mol. The van der Waals surface area contributed by atoms with E-state index in [-0.39, 0.29) is 17.3 Å². The predicted octanol–water partition coefficient (Wildman–Crippen LogP) is 4.96. The van der Waals surface area contributed by atoms with Gasteiger partial charge in [0.05, 0.1) is 0 Å². The van der Waals surface area contributed by atoms with Crippen molar-refractivity contribution in [2.45, 2.75) is 46.6 Å². The molecule has 0 radical (unpaired) electrons. The Morgan fingerprint density at radius 1 is 1.33 bits per heavy atom. The zero-order valence-electron chi connectivity index (χ0n) is 11.7. The van der Waals surface area contributed by atoms with Crippen LogP contribution in [0.3, 0.4) is 0 Å². The second kappa shape index (κ2) is 6.53. The molecule has 1 rings (SSSR count). The second-order valence-electron chi connectivity index (χ2n) is 5.40. The highest BCUT2D eigenvalue weighted by Crippen LogP contribution is 2.39. The summed E-state index contributed by atoms with van der Waals surface area (Å²) in [5.41, 5.74) is 0.893. The minimum absolute atomic E-state index is 0.0343. The van der Waals surface area contributed by atoms with E-state index < -0.39 is 0 Å². The lowest BCUT2D eigenvalue weighted by Gasteiger charge is -2.35. The van der Waals surface area contributed by atoms with Crippen LogP contribution in [0.15, 0.2) is 18.2 Å². The summed E-state index contributed by atoms with van der Waals surface area (Å²) in [6.45, 7) is 9.54. The third kappa shape index (κ3) is 3.69. The minimum atomic E-state index is -0.232. The molecule has 102 valence electrons. The summed E-state index contributed by atoms with van der Waals surface area (Å²) < 4.78 is 13.4. The van der Waals surface area contributed by atoms with Gasteiger partial charge in [-0.15, -0.1) is 0 Å². The molecule has 0 aliphatic heterocycles. The van der Waals surface area contributed by atoms with Gasteiger partial charge in [0.1, 0.15) is 5.82 Å². The molecule has 1 unspecified atom stereocenters. The van der Waals surface area contributed by atoms with Crippen LogP contribution in [0, 0.1) is 11.2 Å². The van der Waals surface area contributed by atoms with Gasteiger partial charge in [0.15, 0.2) is 0 Å². The third-order valence-electron chi connectivity index (χ3n) is 3.56. The van der Waals surface area contributed by atoms with E-state index in [4.69, 9.17) is 11.6 Å². The van der Waals surface area contributed by atoms with E-state index >= 15 is 0 Å². The Bertz CT molecular complexity index is 390. The number of halogens is 2. The van der Waals surface area contributed by atoms with E-state index in [1.807, 2.05) is 0 Å². The van der Waals surface area contributed by atoms with E-state index in [1.165, 1.54) is 6.07 Å². The van der Waals surface area contributed by atoms with Gasteiger partial charge in [0, 0.05) is 11.1 Å². The van der Waals surface area contributed by atoms with Gasteiger partial charge >= 0.3 is 0 Å². The Labute approximate surface area is 115 Å². The summed E-state index contributed by atoms with van der Waals surface area (Å²) in [6.07, 6.45) is 2.05. The summed E-state index contributed by atoms with van der Waals surface area (Å²) in [5, 5.41) is 4.12. The average molecular weight is 272 g/mol. The van der Waals surface area contributed by atoms with Crippen LogP contribution >= 0.6 is 11.6 Å². The van der Waals surface area contributed by atoms with Gasteiger partial charge in [-0.05, 0) is 48.6 Å². The number of rotatable bonds is 6. The summed E-state index contributed by atoms with van der Waals surface area (Å²) in [7, 11) is 0. The van der Waals surface area contributed by atoms with Crippen LogP contribution in [-0.2, 0) is 0 Å². The molecule has 1 nitrogen and oxygen atoms in total. The van der Waals surface area contributed by atoms with E-state index in [0.29, 0.717) is 5.02 Å². The maximum absolute atomic E-state index is 13.4. The van der Waals surface area contributed by atoms with Crippen molar-refractivity contribution >= 4 is 11.6 Å². The van der Waals surface area contributed by atoms with Crippen LogP contribution in [0.1, 0.15) is 52.1 Å². The zero-order valence-corrected chi connectivity index (χ0v) is 12.4. The van der Waals surface area contributed by atoms with Gasteiger partial charge in [0.25, 0.3) is 0 Å². The fourth-order valence-corrected chi connectivity index (χ4v) is 2.26. The molecule has 1 aromatic rings. The molecule has 0 heterocycles. The van der Waals surface area contributed by atoms with Crippen molar-refractivity contribution in [3.05, 3.63) is 34.6 Å². The van der Waals surface area contributed by atoms with Crippen molar-refractivity contribution in [3.63, 3.8) is 0 Å². The topological polar surface area (TPSA) is 12.0 Å². The Kier molecular flexibility index (Phi) is 5.61. The molecule has 0 saturated heterocycles. The normalized spacial score (nSPS) is 13.7. The first kappa shape index (κ1) is 15.5. The largest absolute Gasteiger partial charge is 0.309 e. The van der Waals surface area contributed by atoms with Crippen molar-refractivity contribution < 1.29 is 4.39 Å². The minimum Gasteiger partial charge on any atom is -0.309 e. The number of benzene rings is 1. The molecular weight excluding hydrogens is 249 g/mol. The van der Waals surface area contributed by atoms with Crippen LogP contribution in [-0.4, -0.2) is 6.54 Å². The molecule has 3 heteroatoms. The van der Waals surface area contributed by atoms with Crippen molar-refractivity contribution in [1.82, 2.24) is 5.32 Å². The lowest BCUT2D eigenvalue weighted by molar-refractivity contribution is 0.234. The third-order valence-corrected chi connectivity index (χ3v) is 3.90. The van der Waals surface area contributed by atoms with Crippen molar-refractivity contribution in [3.8, 4) is 0 Å². The molecule has 1 aromatic carbocycles. The monoisotopic (exact) mass is 271 g/mol. The molecule has 0 bridgehead atoms. The summed E-state index contributed by atoms with van der Waals surface area (Å²) >= 11 is 6.23. The zero-order chi connectivity index (χ0) is 13.8. The summed E-state index contributed by atoms with van der Waals surface area (Å²) in [5.74, 6) is -0.232. The van der Waals surface area contributed by atoms with Crippen LogP contribution in [0.4, 0.5) is 4.39 Å². The molecule has 1 atom stereocenters. The highest BCUT2D eigenvalue weighted by atomic mass is 35.5. The number of hydrogen-bond acceptors (Lipinski definition) is 1. The maximum atomic E-state index is 13.4. The van der Waals surface area contributed by atoms with Crippen molar-refractivity contribution in [2.24, 2.45) is 5.41 Å².